The molecular weight excluding hydrogens is 236 g/mol. The highest BCUT2D eigenvalue weighted by atomic mass is 16.2. The van der Waals surface area contributed by atoms with Crippen LogP contribution >= 0.6 is 0 Å². The van der Waals surface area contributed by atoms with E-state index in [1.54, 1.807) is 0 Å². The molecule has 3 heteroatoms. The fraction of sp³-hybridized carbons (Fsp3) is 0.562. The molecule has 1 aliphatic rings. The van der Waals surface area contributed by atoms with Gasteiger partial charge in [-0.15, -0.1) is 0 Å². The van der Waals surface area contributed by atoms with E-state index in [1.807, 2.05) is 38.1 Å². The van der Waals surface area contributed by atoms with Crippen molar-refractivity contribution in [2.24, 2.45) is 5.92 Å². The summed E-state index contributed by atoms with van der Waals surface area (Å²) in [6, 6.07) is 7.91. The Kier molecular flexibility index (Phi) is 3.83. The zero-order chi connectivity index (χ0) is 14.0. The lowest BCUT2D eigenvalue weighted by Gasteiger charge is -2.28. The summed E-state index contributed by atoms with van der Waals surface area (Å²) in [4.78, 5) is 12.5. The van der Waals surface area contributed by atoms with E-state index in [9.17, 15) is 4.79 Å². The van der Waals surface area contributed by atoms with Gasteiger partial charge in [-0.05, 0) is 50.3 Å². The predicted molar refractivity (Wildman–Crippen MR) is 78.8 cm³/mol. The highest BCUT2D eigenvalue weighted by Gasteiger charge is 2.33. The molecule has 0 aromatic heterocycles. The van der Waals surface area contributed by atoms with Crippen LogP contribution in [0.2, 0.25) is 0 Å². The molecule has 104 valence electrons. The van der Waals surface area contributed by atoms with Crippen LogP contribution in [-0.2, 0) is 10.2 Å². The SMILES string of the molecule is CC1CCCC1NC(=O)C(C)(C)c1ccc(N)cc1. The van der Waals surface area contributed by atoms with Gasteiger partial charge in [-0.1, -0.05) is 25.5 Å². The molecule has 1 amide bonds. The van der Waals surface area contributed by atoms with Crippen LogP contribution in [0, 0.1) is 5.92 Å². The first kappa shape index (κ1) is 13.9. The van der Waals surface area contributed by atoms with Crippen LogP contribution in [0.1, 0.15) is 45.6 Å². The Morgan fingerprint density at radius 1 is 1.26 bits per heavy atom. The Labute approximate surface area is 115 Å². The van der Waals surface area contributed by atoms with Gasteiger partial charge in [0.1, 0.15) is 0 Å². The average Bonchev–Trinajstić information content (AvgIpc) is 2.75. The van der Waals surface area contributed by atoms with Gasteiger partial charge in [0.25, 0.3) is 0 Å². The van der Waals surface area contributed by atoms with Crippen molar-refractivity contribution < 1.29 is 4.79 Å². The van der Waals surface area contributed by atoms with Crippen molar-refractivity contribution in [1.82, 2.24) is 5.32 Å². The molecule has 19 heavy (non-hydrogen) atoms. The molecule has 2 unspecified atom stereocenters. The quantitative estimate of drug-likeness (QED) is 0.821. The Morgan fingerprint density at radius 3 is 2.42 bits per heavy atom. The zero-order valence-corrected chi connectivity index (χ0v) is 12.1. The van der Waals surface area contributed by atoms with E-state index in [0.717, 1.165) is 17.7 Å². The summed E-state index contributed by atoms with van der Waals surface area (Å²) in [6.07, 6.45) is 3.53. The number of carbonyl (C=O) groups is 1. The van der Waals surface area contributed by atoms with Gasteiger partial charge in [0.2, 0.25) is 5.91 Å². The summed E-state index contributed by atoms with van der Waals surface area (Å²) >= 11 is 0. The summed E-state index contributed by atoms with van der Waals surface area (Å²) < 4.78 is 0. The lowest BCUT2D eigenvalue weighted by molar-refractivity contribution is -0.126. The van der Waals surface area contributed by atoms with E-state index in [-0.39, 0.29) is 5.91 Å². The molecule has 1 aromatic carbocycles. The van der Waals surface area contributed by atoms with E-state index in [2.05, 4.69) is 12.2 Å². The van der Waals surface area contributed by atoms with Crippen LogP contribution in [-0.4, -0.2) is 11.9 Å². The van der Waals surface area contributed by atoms with Crippen molar-refractivity contribution in [2.45, 2.75) is 51.5 Å². The van der Waals surface area contributed by atoms with Gasteiger partial charge in [0.15, 0.2) is 0 Å². The number of anilines is 1. The minimum Gasteiger partial charge on any atom is -0.399 e. The maximum absolute atomic E-state index is 12.5. The summed E-state index contributed by atoms with van der Waals surface area (Å²) in [6.45, 7) is 6.15. The number of hydrogen-bond donors (Lipinski definition) is 2. The standard InChI is InChI=1S/C16H24N2O/c1-11-5-4-6-14(11)18-15(19)16(2,3)12-7-9-13(17)10-8-12/h7-11,14H,4-6,17H2,1-3H3,(H,18,19). The number of nitrogens with two attached hydrogens (primary N) is 1. The van der Waals surface area contributed by atoms with Crippen LogP contribution in [0.25, 0.3) is 0 Å². The molecule has 0 bridgehead atoms. The third kappa shape index (κ3) is 2.91. The number of rotatable bonds is 3. The Morgan fingerprint density at radius 2 is 1.89 bits per heavy atom. The molecule has 1 fully saturated rings. The predicted octanol–water partition coefficient (Wildman–Crippen LogP) is 2.85. The van der Waals surface area contributed by atoms with Crippen molar-refractivity contribution in [2.75, 3.05) is 5.73 Å². The average molecular weight is 260 g/mol. The maximum atomic E-state index is 12.5. The first-order valence-corrected chi connectivity index (χ1v) is 7.08. The van der Waals surface area contributed by atoms with Gasteiger partial charge in [-0.2, -0.15) is 0 Å². The molecule has 2 atom stereocenters. The van der Waals surface area contributed by atoms with E-state index < -0.39 is 5.41 Å². The molecule has 1 saturated carbocycles. The van der Waals surface area contributed by atoms with Gasteiger partial charge in [0.05, 0.1) is 5.41 Å². The van der Waals surface area contributed by atoms with Gasteiger partial charge in [0, 0.05) is 11.7 Å². The van der Waals surface area contributed by atoms with Gasteiger partial charge in [-0.3, -0.25) is 4.79 Å². The third-order valence-electron chi connectivity index (χ3n) is 4.38. The monoisotopic (exact) mass is 260 g/mol. The van der Waals surface area contributed by atoms with Crippen molar-refractivity contribution in [1.29, 1.82) is 0 Å². The molecular formula is C16H24N2O. The second-order valence-electron chi connectivity index (χ2n) is 6.24. The van der Waals surface area contributed by atoms with Crippen LogP contribution in [0.4, 0.5) is 5.69 Å². The largest absolute Gasteiger partial charge is 0.399 e. The fourth-order valence-electron chi connectivity index (χ4n) is 2.74. The molecule has 2 rings (SSSR count). The number of carbonyl (C=O) groups excluding carboxylic acids is 1. The molecule has 0 aliphatic heterocycles. The second kappa shape index (κ2) is 5.24. The zero-order valence-electron chi connectivity index (χ0n) is 12.1. The number of nitrogens with one attached hydrogen (secondary N) is 1. The van der Waals surface area contributed by atoms with Gasteiger partial charge < -0.3 is 11.1 Å². The number of hydrogen-bond acceptors (Lipinski definition) is 2. The Balaban J connectivity index is 2.10. The normalized spacial score (nSPS) is 23.3. The molecule has 1 aliphatic carbocycles. The van der Waals surface area contributed by atoms with Crippen LogP contribution in [0.3, 0.4) is 0 Å². The first-order valence-electron chi connectivity index (χ1n) is 7.08. The smallest absolute Gasteiger partial charge is 0.230 e. The molecule has 0 spiro atoms. The first-order chi connectivity index (χ1) is 8.91. The minimum atomic E-state index is -0.518. The van der Waals surface area contributed by atoms with E-state index in [1.165, 1.54) is 12.8 Å². The van der Waals surface area contributed by atoms with Crippen molar-refractivity contribution in [3.8, 4) is 0 Å². The number of amides is 1. The van der Waals surface area contributed by atoms with Crippen LogP contribution in [0.5, 0.6) is 0 Å². The molecule has 0 heterocycles. The minimum absolute atomic E-state index is 0.107. The van der Waals surface area contributed by atoms with Gasteiger partial charge in [-0.25, -0.2) is 0 Å². The Bertz CT molecular complexity index is 450. The second-order valence-corrected chi connectivity index (χ2v) is 6.24. The highest BCUT2D eigenvalue weighted by molar-refractivity contribution is 5.87. The van der Waals surface area contributed by atoms with E-state index in [0.29, 0.717) is 12.0 Å². The highest BCUT2D eigenvalue weighted by Crippen LogP contribution is 2.28. The summed E-state index contributed by atoms with van der Waals surface area (Å²) in [5, 5.41) is 3.21. The van der Waals surface area contributed by atoms with Gasteiger partial charge >= 0.3 is 0 Å². The lowest BCUT2D eigenvalue weighted by atomic mass is 9.83. The summed E-state index contributed by atoms with van der Waals surface area (Å²) in [5.41, 5.74) is 6.91. The van der Waals surface area contributed by atoms with E-state index >= 15 is 0 Å². The van der Waals surface area contributed by atoms with E-state index in [4.69, 9.17) is 5.73 Å². The summed E-state index contributed by atoms with van der Waals surface area (Å²) in [5.74, 6) is 0.696. The Hall–Kier alpha value is -1.51. The maximum Gasteiger partial charge on any atom is 0.230 e. The van der Waals surface area contributed by atoms with Crippen molar-refractivity contribution >= 4 is 11.6 Å². The van der Waals surface area contributed by atoms with Crippen LogP contribution < -0.4 is 11.1 Å². The molecule has 1 aromatic rings. The van der Waals surface area contributed by atoms with Crippen molar-refractivity contribution in [3.05, 3.63) is 29.8 Å². The number of nitrogen functional groups attached to an aromatic ring is 1. The number of benzene rings is 1. The third-order valence-corrected chi connectivity index (χ3v) is 4.38. The molecule has 3 nitrogen and oxygen atoms in total. The molecule has 0 radical (unpaired) electrons. The summed E-state index contributed by atoms with van der Waals surface area (Å²) in [7, 11) is 0. The lowest BCUT2D eigenvalue weighted by Crippen LogP contribution is -2.46. The molecule has 3 N–H and O–H groups in total. The van der Waals surface area contributed by atoms with Crippen LogP contribution in [0.15, 0.2) is 24.3 Å². The van der Waals surface area contributed by atoms with Crippen molar-refractivity contribution in [3.63, 3.8) is 0 Å². The molecule has 0 saturated heterocycles. The fourth-order valence-corrected chi connectivity index (χ4v) is 2.74. The topological polar surface area (TPSA) is 55.1 Å².